The Hall–Kier alpha value is -2.55. The Morgan fingerprint density at radius 1 is 1.14 bits per heavy atom. The van der Waals surface area contributed by atoms with Gasteiger partial charge in [-0.05, 0) is 60.7 Å². The highest BCUT2D eigenvalue weighted by molar-refractivity contribution is 5.97. The fraction of sp³-hybridized carbons (Fsp3) is 0.211. The third-order valence-corrected chi connectivity index (χ3v) is 3.42. The van der Waals surface area contributed by atoms with Crippen LogP contribution in [0.1, 0.15) is 29.2 Å². The molecule has 114 valence electrons. The number of carbonyl (C=O) groups is 1. The number of hydrogen-bond donors (Lipinski definition) is 1. The number of esters is 1. The highest BCUT2D eigenvalue weighted by atomic mass is 16.5. The van der Waals surface area contributed by atoms with E-state index in [1.807, 2.05) is 44.2 Å². The van der Waals surface area contributed by atoms with Gasteiger partial charge in [0.1, 0.15) is 5.75 Å². The maximum Gasteiger partial charge on any atom is 0.331 e. The number of rotatable bonds is 4. The molecule has 0 aliphatic rings. The van der Waals surface area contributed by atoms with Gasteiger partial charge in [-0.25, -0.2) is 4.79 Å². The fourth-order valence-corrected chi connectivity index (χ4v) is 2.58. The third-order valence-electron chi connectivity index (χ3n) is 3.42. The molecule has 2 aromatic carbocycles. The number of phenolic OH excluding ortho intramolecular Hbond substituents is 1. The molecule has 0 saturated heterocycles. The summed E-state index contributed by atoms with van der Waals surface area (Å²) in [6, 6.07) is 13.1. The largest absolute Gasteiger partial charge is 0.508 e. The van der Waals surface area contributed by atoms with Gasteiger partial charge >= 0.3 is 5.97 Å². The molecule has 0 unspecified atom stereocenters. The van der Waals surface area contributed by atoms with Crippen molar-refractivity contribution in [2.45, 2.75) is 20.8 Å². The Balaban J connectivity index is 2.62. The molecule has 0 fully saturated rings. The summed E-state index contributed by atoms with van der Waals surface area (Å²) in [7, 11) is 0. The summed E-state index contributed by atoms with van der Waals surface area (Å²) in [5, 5.41) is 9.73. The van der Waals surface area contributed by atoms with Gasteiger partial charge in [-0.3, -0.25) is 0 Å². The SMILES string of the molecule is CCOC(=O)/C=C(/c1ccccc1)c1c(C)cc(O)cc1C. The van der Waals surface area contributed by atoms with Crippen LogP contribution in [-0.4, -0.2) is 17.7 Å². The Kier molecular flexibility index (Phi) is 4.99. The van der Waals surface area contributed by atoms with Crippen LogP contribution in [0, 0.1) is 13.8 Å². The molecule has 22 heavy (non-hydrogen) atoms. The molecule has 0 atom stereocenters. The van der Waals surface area contributed by atoms with E-state index >= 15 is 0 Å². The van der Waals surface area contributed by atoms with Crippen LogP contribution in [0.25, 0.3) is 5.57 Å². The zero-order valence-electron chi connectivity index (χ0n) is 13.1. The molecule has 0 aromatic heterocycles. The topological polar surface area (TPSA) is 46.5 Å². The first kappa shape index (κ1) is 15.8. The van der Waals surface area contributed by atoms with Crippen LogP contribution in [0.2, 0.25) is 0 Å². The summed E-state index contributed by atoms with van der Waals surface area (Å²) in [6.07, 6.45) is 1.52. The summed E-state index contributed by atoms with van der Waals surface area (Å²) in [5.74, 6) is -0.143. The van der Waals surface area contributed by atoms with E-state index in [1.54, 1.807) is 19.1 Å². The van der Waals surface area contributed by atoms with Crippen LogP contribution < -0.4 is 0 Å². The van der Waals surface area contributed by atoms with Crippen molar-refractivity contribution in [1.82, 2.24) is 0 Å². The summed E-state index contributed by atoms with van der Waals surface area (Å²) in [6.45, 7) is 5.96. The standard InChI is InChI=1S/C19H20O3/c1-4-22-18(21)12-17(15-8-6-5-7-9-15)19-13(2)10-16(20)11-14(19)3/h5-12,20H,4H2,1-3H3/b17-12-. The predicted molar refractivity (Wildman–Crippen MR) is 87.7 cm³/mol. The second-order valence-electron chi connectivity index (χ2n) is 5.13. The molecule has 3 nitrogen and oxygen atoms in total. The quantitative estimate of drug-likeness (QED) is 0.685. The van der Waals surface area contributed by atoms with Crippen LogP contribution in [0.4, 0.5) is 0 Å². The molecule has 0 spiro atoms. The van der Waals surface area contributed by atoms with Gasteiger partial charge in [-0.15, -0.1) is 0 Å². The summed E-state index contributed by atoms with van der Waals surface area (Å²) in [4.78, 5) is 11.9. The minimum Gasteiger partial charge on any atom is -0.508 e. The molecule has 0 amide bonds. The highest BCUT2D eigenvalue weighted by Gasteiger charge is 2.14. The monoisotopic (exact) mass is 296 g/mol. The van der Waals surface area contributed by atoms with Crippen molar-refractivity contribution in [1.29, 1.82) is 0 Å². The Bertz CT molecular complexity index is 677. The molecule has 1 N–H and O–H groups in total. The van der Waals surface area contributed by atoms with Crippen LogP contribution in [0.5, 0.6) is 5.75 Å². The number of ether oxygens (including phenoxy) is 1. The van der Waals surface area contributed by atoms with Crippen molar-refractivity contribution in [2.24, 2.45) is 0 Å². The minimum atomic E-state index is -0.367. The smallest absolute Gasteiger partial charge is 0.331 e. The van der Waals surface area contributed by atoms with Gasteiger partial charge in [-0.2, -0.15) is 0 Å². The van der Waals surface area contributed by atoms with E-state index in [4.69, 9.17) is 4.74 Å². The molecular formula is C19H20O3. The summed E-state index contributed by atoms with van der Waals surface area (Å²) < 4.78 is 5.05. The fourth-order valence-electron chi connectivity index (χ4n) is 2.58. The lowest BCUT2D eigenvalue weighted by Gasteiger charge is -2.15. The van der Waals surface area contributed by atoms with Gasteiger partial charge in [0, 0.05) is 6.08 Å². The van der Waals surface area contributed by atoms with E-state index in [0.29, 0.717) is 6.61 Å². The Morgan fingerprint density at radius 3 is 2.27 bits per heavy atom. The van der Waals surface area contributed by atoms with Crippen molar-refractivity contribution in [3.63, 3.8) is 0 Å². The van der Waals surface area contributed by atoms with Gasteiger partial charge < -0.3 is 9.84 Å². The molecule has 3 heteroatoms. The zero-order chi connectivity index (χ0) is 16.1. The summed E-state index contributed by atoms with van der Waals surface area (Å²) >= 11 is 0. The maximum absolute atomic E-state index is 11.9. The van der Waals surface area contributed by atoms with Crippen molar-refractivity contribution in [2.75, 3.05) is 6.61 Å². The summed E-state index contributed by atoms with van der Waals surface area (Å²) in [5.41, 5.74) is 4.51. The highest BCUT2D eigenvalue weighted by Crippen LogP contribution is 2.31. The minimum absolute atomic E-state index is 0.224. The first-order valence-corrected chi connectivity index (χ1v) is 7.27. The van der Waals surface area contributed by atoms with Gasteiger partial charge in [0.05, 0.1) is 6.61 Å². The van der Waals surface area contributed by atoms with Crippen LogP contribution in [0.3, 0.4) is 0 Å². The van der Waals surface area contributed by atoms with E-state index < -0.39 is 0 Å². The van der Waals surface area contributed by atoms with Gasteiger partial charge in [0.15, 0.2) is 0 Å². The second-order valence-corrected chi connectivity index (χ2v) is 5.13. The number of aromatic hydroxyl groups is 1. The normalized spacial score (nSPS) is 11.3. The van der Waals surface area contributed by atoms with E-state index in [9.17, 15) is 9.90 Å². The van der Waals surface area contributed by atoms with Crippen molar-refractivity contribution >= 4 is 11.5 Å². The lowest BCUT2D eigenvalue weighted by atomic mass is 9.90. The van der Waals surface area contributed by atoms with Crippen molar-refractivity contribution < 1.29 is 14.6 Å². The third kappa shape index (κ3) is 3.55. The number of aryl methyl sites for hydroxylation is 2. The number of hydrogen-bond acceptors (Lipinski definition) is 3. The maximum atomic E-state index is 11.9. The molecule has 0 radical (unpaired) electrons. The molecule has 2 aromatic rings. The average Bonchev–Trinajstić information content (AvgIpc) is 2.46. The Morgan fingerprint density at radius 2 is 1.73 bits per heavy atom. The first-order chi connectivity index (χ1) is 10.5. The van der Waals surface area contributed by atoms with Crippen molar-refractivity contribution in [3.8, 4) is 5.75 Å². The predicted octanol–water partition coefficient (Wildman–Crippen LogP) is 4.00. The molecule has 0 saturated carbocycles. The van der Waals surface area contributed by atoms with Crippen LogP contribution >= 0.6 is 0 Å². The van der Waals surface area contributed by atoms with E-state index in [-0.39, 0.29) is 11.7 Å². The molecule has 0 aliphatic carbocycles. The van der Waals surface area contributed by atoms with Crippen molar-refractivity contribution in [3.05, 3.63) is 70.8 Å². The van der Waals surface area contributed by atoms with Gasteiger partial charge in [0.2, 0.25) is 0 Å². The van der Waals surface area contributed by atoms with Crippen LogP contribution in [0.15, 0.2) is 48.5 Å². The molecular weight excluding hydrogens is 276 g/mol. The molecule has 2 rings (SSSR count). The number of phenols is 1. The number of carbonyl (C=O) groups excluding carboxylic acids is 1. The lowest BCUT2D eigenvalue weighted by molar-refractivity contribution is -0.137. The first-order valence-electron chi connectivity index (χ1n) is 7.27. The molecule has 0 heterocycles. The van der Waals surface area contributed by atoms with E-state index in [0.717, 1.165) is 27.8 Å². The average molecular weight is 296 g/mol. The molecule has 0 aliphatic heterocycles. The van der Waals surface area contributed by atoms with Crippen LogP contribution in [-0.2, 0) is 9.53 Å². The van der Waals surface area contributed by atoms with E-state index in [2.05, 4.69) is 0 Å². The number of benzene rings is 2. The van der Waals surface area contributed by atoms with Gasteiger partial charge in [0.25, 0.3) is 0 Å². The Labute approximate surface area is 130 Å². The second kappa shape index (κ2) is 6.94. The zero-order valence-corrected chi connectivity index (χ0v) is 13.1. The van der Waals surface area contributed by atoms with Gasteiger partial charge in [-0.1, -0.05) is 30.3 Å². The lowest BCUT2D eigenvalue weighted by Crippen LogP contribution is -2.03. The molecule has 0 bridgehead atoms. The van der Waals surface area contributed by atoms with E-state index in [1.165, 1.54) is 6.08 Å².